The molecule has 0 aliphatic carbocycles. The fraction of sp³-hybridized carbons (Fsp3) is 0.364. The van der Waals surface area contributed by atoms with E-state index in [1.165, 1.54) is 12.0 Å². The van der Waals surface area contributed by atoms with Crippen molar-refractivity contribution in [3.63, 3.8) is 0 Å². The normalized spacial score (nSPS) is 16.8. The van der Waals surface area contributed by atoms with Gasteiger partial charge in [0.05, 0.1) is 0 Å². The minimum absolute atomic E-state index is 0.306. The number of carbonyl (C=O) groups is 1. The van der Waals surface area contributed by atoms with Gasteiger partial charge in [-0.15, -0.1) is 0 Å². The highest BCUT2D eigenvalue weighted by Crippen LogP contribution is 2.42. The lowest BCUT2D eigenvalue weighted by atomic mass is 10.3. The molecule has 0 N–H and O–H groups in total. The lowest BCUT2D eigenvalue weighted by Crippen LogP contribution is -2.25. The van der Waals surface area contributed by atoms with Gasteiger partial charge in [0.15, 0.2) is 11.5 Å². The van der Waals surface area contributed by atoms with Crippen LogP contribution in [0, 0.1) is 0 Å². The van der Waals surface area contributed by atoms with Crippen molar-refractivity contribution in [1.82, 2.24) is 4.90 Å². The summed E-state index contributed by atoms with van der Waals surface area (Å²) in [6.07, 6.45) is -0.483. The molecule has 0 aromatic heterocycles. The Hall–Kier alpha value is -1.95. The molecule has 1 amide bonds. The molecule has 2 rings (SSSR count). The van der Waals surface area contributed by atoms with Crippen molar-refractivity contribution in [3.05, 3.63) is 18.2 Å². The lowest BCUT2D eigenvalue weighted by molar-refractivity contribution is -0.158. The van der Waals surface area contributed by atoms with Crippen LogP contribution in [0.4, 0.5) is 4.79 Å². The van der Waals surface area contributed by atoms with Crippen LogP contribution in [-0.2, 0) is 4.74 Å². The zero-order valence-electron chi connectivity index (χ0n) is 9.80. The Morgan fingerprint density at radius 3 is 2.76 bits per heavy atom. The molecule has 6 nitrogen and oxygen atoms in total. The molecule has 0 spiro atoms. The molecular weight excluding hydrogens is 226 g/mol. The van der Waals surface area contributed by atoms with Crippen LogP contribution < -0.4 is 14.2 Å². The van der Waals surface area contributed by atoms with E-state index in [0.717, 1.165) is 0 Å². The van der Waals surface area contributed by atoms with Gasteiger partial charge in [0.1, 0.15) is 0 Å². The van der Waals surface area contributed by atoms with Crippen molar-refractivity contribution in [1.29, 1.82) is 0 Å². The minimum Gasteiger partial charge on any atom is -0.428 e. The van der Waals surface area contributed by atoms with E-state index in [0.29, 0.717) is 17.2 Å². The zero-order chi connectivity index (χ0) is 12.4. The Labute approximate surface area is 98.6 Å². The smallest absolute Gasteiger partial charge is 0.414 e. The van der Waals surface area contributed by atoms with Gasteiger partial charge < -0.3 is 23.8 Å². The Bertz CT molecular complexity index is 432. The average molecular weight is 239 g/mol. The third kappa shape index (κ3) is 2.26. The van der Waals surface area contributed by atoms with E-state index < -0.39 is 12.6 Å². The van der Waals surface area contributed by atoms with Crippen molar-refractivity contribution >= 4 is 6.09 Å². The van der Waals surface area contributed by atoms with Crippen LogP contribution in [0.2, 0.25) is 0 Å². The van der Waals surface area contributed by atoms with E-state index in [2.05, 4.69) is 0 Å². The van der Waals surface area contributed by atoms with E-state index in [1.54, 1.807) is 32.3 Å². The van der Waals surface area contributed by atoms with Crippen LogP contribution in [0.5, 0.6) is 17.2 Å². The van der Waals surface area contributed by atoms with Crippen LogP contribution in [-0.4, -0.2) is 38.7 Å². The Kier molecular flexibility index (Phi) is 3.06. The summed E-state index contributed by atoms with van der Waals surface area (Å²) in [5.41, 5.74) is 0. The van der Waals surface area contributed by atoms with Crippen LogP contribution in [0.25, 0.3) is 0 Å². The lowest BCUT2D eigenvalue weighted by Gasteiger charge is -2.12. The number of benzene rings is 1. The van der Waals surface area contributed by atoms with Gasteiger partial charge in [0, 0.05) is 21.2 Å². The van der Waals surface area contributed by atoms with Gasteiger partial charge >= 0.3 is 12.6 Å². The van der Waals surface area contributed by atoms with Gasteiger partial charge in [-0.05, 0) is 12.1 Å². The molecule has 0 saturated carbocycles. The minimum atomic E-state index is -0.802. The summed E-state index contributed by atoms with van der Waals surface area (Å²) in [4.78, 5) is 12.8. The predicted molar refractivity (Wildman–Crippen MR) is 58.2 cm³/mol. The van der Waals surface area contributed by atoms with Gasteiger partial charge in [-0.3, -0.25) is 0 Å². The van der Waals surface area contributed by atoms with Crippen LogP contribution in [0.3, 0.4) is 0 Å². The average Bonchev–Trinajstić information content (AvgIpc) is 2.72. The van der Waals surface area contributed by atoms with Crippen LogP contribution in [0.15, 0.2) is 18.2 Å². The molecule has 1 heterocycles. The van der Waals surface area contributed by atoms with Gasteiger partial charge in [-0.2, -0.15) is 0 Å². The quantitative estimate of drug-likeness (QED) is 0.781. The number of nitrogens with zero attached hydrogens (tertiary/aromatic N) is 1. The maximum atomic E-state index is 11.4. The summed E-state index contributed by atoms with van der Waals surface area (Å²) in [5.74, 6) is 1.16. The van der Waals surface area contributed by atoms with E-state index in [-0.39, 0.29) is 0 Å². The molecule has 1 aliphatic heterocycles. The molecule has 17 heavy (non-hydrogen) atoms. The third-order valence-electron chi connectivity index (χ3n) is 2.13. The molecule has 0 fully saturated rings. The molecule has 92 valence electrons. The largest absolute Gasteiger partial charge is 0.428 e. The van der Waals surface area contributed by atoms with E-state index in [9.17, 15) is 4.79 Å². The number of amides is 1. The first-order chi connectivity index (χ1) is 8.11. The molecule has 1 aromatic carbocycles. The summed E-state index contributed by atoms with van der Waals surface area (Å²) in [6.45, 7) is -0.802. The van der Waals surface area contributed by atoms with Gasteiger partial charge in [-0.25, -0.2) is 4.79 Å². The number of rotatable bonds is 2. The maximum Gasteiger partial charge on any atom is 0.414 e. The van der Waals surface area contributed by atoms with Gasteiger partial charge in [0.2, 0.25) is 5.75 Å². The summed E-state index contributed by atoms with van der Waals surface area (Å²) in [7, 11) is 4.66. The Morgan fingerprint density at radius 1 is 1.35 bits per heavy atom. The van der Waals surface area contributed by atoms with Crippen molar-refractivity contribution in [3.8, 4) is 17.2 Å². The number of hydrogen-bond donors (Lipinski definition) is 0. The first-order valence-corrected chi connectivity index (χ1v) is 5.00. The first kappa shape index (κ1) is 11.5. The second-order valence-electron chi connectivity index (χ2n) is 3.61. The zero-order valence-corrected chi connectivity index (χ0v) is 9.80. The van der Waals surface area contributed by atoms with Gasteiger partial charge in [-0.1, -0.05) is 6.07 Å². The standard InChI is InChI=1S/C11H13NO5/c1-12(2)10(13)15-7-5-4-6-8-9(7)17-11(14-3)16-8/h4-6,11H,1-3H3. The maximum absolute atomic E-state index is 11.4. The fourth-order valence-electron chi connectivity index (χ4n) is 1.29. The number of fused-ring (bicyclic) bond motifs is 1. The van der Waals surface area contributed by atoms with Gasteiger partial charge in [0.25, 0.3) is 0 Å². The van der Waals surface area contributed by atoms with Crippen LogP contribution >= 0.6 is 0 Å². The summed E-state index contributed by atoms with van der Waals surface area (Å²) < 4.78 is 20.7. The SMILES string of the molecule is COC1Oc2cccc(OC(=O)N(C)C)c2O1. The van der Waals surface area contributed by atoms with Crippen molar-refractivity contribution in [2.24, 2.45) is 0 Å². The van der Waals surface area contributed by atoms with Crippen molar-refractivity contribution in [2.45, 2.75) is 6.48 Å². The number of methoxy groups -OCH3 is 1. The van der Waals surface area contributed by atoms with Crippen LogP contribution in [0.1, 0.15) is 0 Å². The Morgan fingerprint density at radius 2 is 2.12 bits per heavy atom. The first-order valence-electron chi connectivity index (χ1n) is 5.00. The molecule has 1 aromatic rings. The highest BCUT2D eigenvalue weighted by Gasteiger charge is 2.28. The Balaban J connectivity index is 2.21. The molecule has 6 heteroatoms. The molecule has 1 aliphatic rings. The second-order valence-corrected chi connectivity index (χ2v) is 3.61. The number of hydrogen-bond acceptors (Lipinski definition) is 5. The van der Waals surface area contributed by atoms with Crippen molar-refractivity contribution in [2.75, 3.05) is 21.2 Å². The predicted octanol–water partition coefficient (Wildman–Crippen LogP) is 1.45. The van der Waals surface area contributed by atoms with E-state index in [1.807, 2.05) is 0 Å². The summed E-state index contributed by atoms with van der Waals surface area (Å²) in [5, 5.41) is 0. The number of carbonyl (C=O) groups excluding carboxylic acids is 1. The highest BCUT2D eigenvalue weighted by molar-refractivity contribution is 5.72. The molecule has 1 atom stereocenters. The molecule has 0 radical (unpaired) electrons. The molecular formula is C11H13NO5. The molecule has 1 unspecified atom stereocenters. The topological polar surface area (TPSA) is 57.2 Å². The molecule has 0 saturated heterocycles. The third-order valence-corrected chi connectivity index (χ3v) is 2.13. The number of ether oxygens (including phenoxy) is 4. The summed E-state index contributed by atoms with van der Waals surface area (Å²) in [6, 6.07) is 5.04. The summed E-state index contributed by atoms with van der Waals surface area (Å²) >= 11 is 0. The number of para-hydroxylation sites is 1. The van der Waals surface area contributed by atoms with Crippen molar-refractivity contribution < 1.29 is 23.7 Å². The second kappa shape index (κ2) is 4.50. The fourth-order valence-corrected chi connectivity index (χ4v) is 1.29. The molecule has 0 bridgehead atoms. The van der Waals surface area contributed by atoms with E-state index in [4.69, 9.17) is 18.9 Å². The van der Waals surface area contributed by atoms with E-state index >= 15 is 0 Å². The monoisotopic (exact) mass is 239 g/mol. The highest BCUT2D eigenvalue weighted by atomic mass is 16.9.